The average Bonchev–Trinajstić information content (AvgIpc) is 2.18. The van der Waals surface area contributed by atoms with Crippen LogP contribution >= 0.6 is 0 Å². The largest absolute Gasteiger partial charge is 0.481 e. The van der Waals surface area contributed by atoms with Crippen molar-refractivity contribution in [3.8, 4) is 0 Å². The molecule has 15 heavy (non-hydrogen) atoms. The second kappa shape index (κ2) is 5.14. The second-order valence-electron chi connectivity index (χ2n) is 4.39. The summed E-state index contributed by atoms with van der Waals surface area (Å²) in [5.41, 5.74) is 0. The molecule has 1 fully saturated rings. The molecule has 1 saturated carbocycles. The molecule has 2 N–H and O–H groups in total. The Morgan fingerprint density at radius 2 is 1.60 bits per heavy atom. The molecule has 4 heteroatoms. The predicted molar refractivity (Wildman–Crippen MR) is 54.5 cm³/mol. The molecule has 0 amide bonds. The third-order valence-electron chi connectivity index (χ3n) is 3.37. The molecule has 1 rings (SSSR count). The highest BCUT2D eigenvalue weighted by atomic mass is 16.4. The Morgan fingerprint density at radius 3 is 2.00 bits per heavy atom. The van der Waals surface area contributed by atoms with Crippen molar-refractivity contribution < 1.29 is 19.8 Å². The smallest absolute Gasteiger partial charge is 0.307 e. The van der Waals surface area contributed by atoms with E-state index in [0.29, 0.717) is 0 Å². The molecule has 0 spiro atoms. The van der Waals surface area contributed by atoms with Crippen molar-refractivity contribution in [3.63, 3.8) is 0 Å². The summed E-state index contributed by atoms with van der Waals surface area (Å²) in [4.78, 5) is 21.9. The fourth-order valence-corrected chi connectivity index (χ4v) is 2.47. The Morgan fingerprint density at radius 1 is 1.07 bits per heavy atom. The Kier molecular flexibility index (Phi) is 4.12. The molecule has 1 aliphatic carbocycles. The van der Waals surface area contributed by atoms with Crippen molar-refractivity contribution in [2.75, 3.05) is 0 Å². The van der Waals surface area contributed by atoms with Crippen LogP contribution < -0.4 is 0 Å². The standard InChI is InChI=1S/C11H18O4/c1-7(10(12)13)9(11(14)15)8-5-3-2-4-6-8/h7-9H,2-6H2,1H3,(H,12,13)(H,14,15). The van der Waals surface area contributed by atoms with Gasteiger partial charge in [0.15, 0.2) is 0 Å². The Labute approximate surface area is 89.3 Å². The monoisotopic (exact) mass is 214 g/mol. The first-order chi connectivity index (χ1) is 7.04. The highest BCUT2D eigenvalue weighted by Gasteiger charge is 2.37. The van der Waals surface area contributed by atoms with Gasteiger partial charge in [-0.1, -0.05) is 26.2 Å². The minimum absolute atomic E-state index is 0.0438. The molecule has 2 unspecified atom stereocenters. The Balaban J connectivity index is 2.71. The zero-order valence-electron chi connectivity index (χ0n) is 8.98. The number of hydrogen-bond donors (Lipinski definition) is 2. The van der Waals surface area contributed by atoms with E-state index in [-0.39, 0.29) is 5.92 Å². The summed E-state index contributed by atoms with van der Waals surface area (Å²) < 4.78 is 0. The van der Waals surface area contributed by atoms with Crippen molar-refractivity contribution in [2.24, 2.45) is 17.8 Å². The van der Waals surface area contributed by atoms with Gasteiger partial charge in [0.05, 0.1) is 11.8 Å². The van der Waals surface area contributed by atoms with Gasteiger partial charge >= 0.3 is 11.9 Å². The molecule has 0 bridgehead atoms. The molecule has 0 radical (unpaired) electrons. The van der Waals surface area contributed by atoms with Gasteiger partial charge < -0.3 is 10.2 Å². The maximum Gasteiger partial charge on any atom is 0.307 e. The van der Waals surface area contributed by atoms with Gasteiger partial charge in [0, 0.05) is 0 Å². The molecule has 0 aromatic rings. The molecule has 2 atom stereocenters. The van der Waals surface area contributed by atoms with Crippen molar-refractivity contribution >= 4 is 11.9 Å². The van der Waals surface area contributed by atoms with Gasteiger partial charge in [-0.05, 0) is 18.8 Å². The third-order valence-corrected chi connectivity index (χ3v) is 3.37. The van der Waals surface area contributed by atoms with Gasteiger partial charge in [-0.25, -0.2) is 0 Å². The SMILES string of the molecule is CC(C(=O)O)C(C(=O)O)C1CCCCC1. The lowest BCUT2D eigenvalue weighted by Gasteiger charge is -2.29. The number of carboxylic acids is 2. The summed E-state index contributed by atoms with van der Waals surface area (Å²) in [6.07, 6.45) is 4.91. The lowest BCUT2D eigenvalue weighted by molar-refractivity contribution is -0.155. The van der Waals surface area contributed by atoms with E-state index in [0.717, 1.165) is 32.1 Å². The van der Waals surface area contributed by atoms with Crippen LogP contribution in [0.3, 0.4) is 0 Å². The van der Waals surface area contributed by atoms with Gasteiger partial charge in [0.2, 0.25) is 0 Å². The highest BCUT2D eigenvalue weighted by Crippen LogP contribution is 2.34. The van der Waals surface area contributed by atoms with Crippen molar-refractivity contribution in [2.45, 2.75) is 39.0 Å². The van der Waals surface area contributed by atoms with Crippen LogP contribution in [0.25, 0.3) is 0 Å². The minimum atomic E-state index is -1.01. The summed E-state index contributed by atoms with van der Waals surface area (Å²) in [5, 5.41) is 18.0. The van der Waals surface area contributed by atoms with Crippen LogP contribution in [0, 0.1) is 17.8 Å². The first kappa shape index (κ1) is 12.0. The van der Waals surface area contributed by atoms with Crippen LogP contribution in [-0.4, -0.2) is 22.2 Å². The number of carbonyl (C=O) groups is 2. The van der Waals surface area contributed by atoms with E-state index in [4.69, 9.17) is 10.2 Å². The van der Waals surface area contributed by atoms with Crippen LogP contribution in [0.1, 0.15) is 39.0 Å². The quantitative estimate of drug-likeness (QED) is 0.750. The predicted octanol–water partition coefficient (Wildman–Crippen LogP) is 1.99. The zero-order valence-corrected chi connectivity index (χ0v) is 8.98. The van der Waals surface area contributed by atoms with E-state index in [1.54, 1.807) is 0 Å². The first-order valence-electron chi connectivity index (χ1n) is 5.49. The molecule has 4 nitrogen and oxygen atoms in total. The second-order valence-corrected chi connectivity index (χ2v) is 4.39. The van der Waals surface area contributed by atoms with E-state index in [1.165, 1.54) is 6.92 Å². The molecule has 86 valence electrons. The van der Waals surface area contributed by atoms with E-state index in [9.17, 15) is 9.59 Å². The van der Waals surface area contributed by atoms with Gasteiger partial charge in [0.25, 0.3) is 0 Å². The molecular formula is C11H18O4. The summed E-state index contributed by atoms with van der Waals surface area (Å²) in [6, 6.07) is 0. The first-order valence-corrected chi connectivity index (χ1v) is 5.49. The molecule has 1 aliphatic rings. The molecule has 0 aliphatic heterocycles. The van der Waals surface area contributed by atoms with Gasteiger partial charge in [-0.2, -0.15) is 0 Å². The van der Waals surface area contributed by atoms with Crippen molar-refractivity contribution in [3.05, 3.63) is 0 Å². The molecule has 0 heterocycles. The van der Waals surface area contributed by atoms with Gasteiger partial charge in [-0.15, -0.1) is 0 Å². The molecule has 0 aromatic carbocycles. The molecular weight excluding hydrogens is 196 g/mol. The molecule has 0 aromatic heterocycles. The van der Waals surface area contributed by atoms with E-state index in [1.807, 2.05) is 0 Å². The summed E-state index contributed by atoms with van der Waals surface area (Å²) in [5.74, 6) is -3.43. The fraction of sp³-hybridized carbons (Fsp3) is 0.818. The van der Waals surface area contributed by atoms with Crippen LogP contribution in [0.5, 0.6) is 0 Å². The van der Waals surface area contributed by atoms with Crippen molar-refractivity contribution in [1.29, 1.82) is 0 Å². The topological polar surface area (TPSA) is 74.6 Å². The summed E-state index contributed by atoms with van der Waals surface area (Å²) in [7, 11) is 0. The Bertz CT molecular complexity index is 243. The van der Waals surface area contributed by atoms with Crippen LogP contribution in [0.15, 0.2) is 0 Å². The fourth-order valence-electron chi connectivity index (χ4n) is 2.47. The number of aliphatic carboxylic acids is 2. The Hall–Kier alpha value is -1.06. The lowest BCUT2D eigenvalue weighted by atomic mass is 9.74. The maximum atomic E-state index is 11.1. The van der Waals surface area contributed by atoms with Crippen LogP contribution in [0.4, 0.5) is 0 Å². The minimum Gasteiger partial charge on any atom is -0.481 e. The maximum absolute atomic E-state index is 11.1. The summed E-state index contributed by atoms with van der Waals surface area (Å²) in [6.45, 7) is 1.50. The highest BCUT2D eigenvalue weighted by molar-refractivity contribution is 5.79. The zero-order chi connectivity index (χ0) is 11.4. The van der Waals surface area contributed by atoms with E-state index >= 15 is 0 Å². The lowest BCUT2D eigenvalue weighted by Crippen LogP contribution is -2.34. The van der Waals surface area contributed by atoms with Gasteiger partial charge in [0.1, 0.15) is 0 Å². The normalized spacial score (nSPS) is 21.9. The number of hydrogen-bond acceptors (Lipinski definition) is 2. The third kappa shape index (κ3) is 2.94. The van der Waals surface area contributed by atoms with Crippen LogP contribution in [-0.2, 0) is 9.59 Å². The number of carboxylic acid groups (broad SMARTS) is 2. The summed E-state index contributed by atoms with van der Waals surface area (Å²) >= 11 is 0. The van der Waals surface area contributed by atoms with Gasteiger partial charge in [-0.3, -0.25) is 9.59 Å². The van der Waals surface area contributed by atoms with Crippen LogP contribution in [0.2, 0.25) is 0 Å². The molecule has 0 saturated heterocycles. The van der Waals surface area contributed by atoms with E-state index < -0.39 is 23.8 Å². The number of rotatable bonds is 4. The van der Waals surface area contributed by atoms with Crippen molar-refractivity contribution in [1.82, 2.24) is 0 Å². The average molecular weight is 214 g/mol. The van der Waals surface area contributed by atoms with E-state index in [2.05, 4.69) is 0 Å².